The van der Waals surface area contributed by atoms with Crippen molar-refractivity contribution >= 4 is 0 Å². The zero-order valence-corrected chi connectivity index (χ0v) is 13.6. The van der Waals surface area contributed by atoms with Crippen LogP contribution in [0.4, 0.5) is 0 Å². The predicted octanol–water partition coefficient (Wildman–Crippen LogP) is 5.20. The molecule has 0 N–H and O–H groups in total. The molecule has 0 amide bonds. The van der Waals surface area contributed by atoms with Crippen LogP contribution in [0.1, 0.15) is 23.6 Å². The Morgan fingerprint density at radius 3 is 2.48 bits per heavy atom. The first kappa shape index (κ1) is 15.3. The summed E-state index contributed by atoms with van der Waals surface area (Å²) in [5.74, 6) is 0.907. The average Bonchev–Trinajstić information content (AvgIpc) is 2.61. The zero-order valence-electron chi connectivity index (χ0n) is 13.6. The third-order valence-electron chi connectivity index (χ3n) is 3.89. The van der Waals surface area contributed by atoms with Crippen LogP contribution in [0.3, 0.4) is 0 Å². The zero-order chi connectivity index (χ0) is 16.1. The van der Waals surface area contributed by atoms with E-state index in [2.05, 4.69) is 61.3 Å². The second-order valence-corrected chi connectivity index (χ2v) is 5.74. The third kappa shape index (κ3) is 3.98. The average molecular weight is 303 g/mol. The molecular weight excluding hydrogens is 282 g/mol. The predicted molar refractivity (Wildman–Crippen MR) is 94.6 cm³/mol. The first-order valence-electron chi connectivity index (χ1n) is 7.97. The maximum absolute atomic E-state index is 5.90. The van der Waals surface area contributed by atoms with Crippen molar-refractivity contribution in [1.29, 1.82) is 0 Å². The van der Waals surface area contributed by atoms with Gasteiger partial charge in [0.1, 0.15) is 12.4 Å². The quantitative estimate of drug-likeness (QED) is 0.646. The van der Waals surface area contributed by atoms with E-state index in [4.69, 9.17) is 4.74 Å². The van der Waals surface area contributed by atoms with Crippen molar-refractivity contribution in [3.8, 4) is 16.9 Å². The molecule has 1 heterocycles. The number of hydrogen-bond acceptors (Lipinski definition) is 2. The molecule has 116 valence electrons. The summed E-state index contributed by atoms with van der Waals surface area (Å²) in [6.07, 6.45) is 4.77. The molecule has 0 fully saturated rings. The van der Waals surface area contributed by atoms with Gasteiger partial charge < -0.3 is 4.74 Å². The van der Waals surface area contributed by atoms with Gasteiger partial charge in [-0.2, -0.15) is 0 Å². The van der Waals surface area contributed by atoms with Crippen LogP contribution < -0.4 is 4.74 Å². The lowest BCUT2D eigenvalue weighted by molar-refractivity contribution is 0.305. The molecule has 0 saturated carbocycles. The minimum atomic E-state index is 0.528. The first-order chi connectivity index (χ1) is 11.2. The summed E-state index contributed by atoms with van der Waals surface area (Å²) < 4.78 is 5.90. The summed E-state index contributed by atoms with van der Waals surface area (Å²) in [5, 5.41) is 0. The van der Waals surface area contributed by atoms with E-state index in [9.17, 15) is 0 Å². The Bertz CT molecular complexity index is 778. The van der Waals surface area contributed by atoms with Crippen LogP contribution in [-0.4, -0.2) is 4.98 Å². The van der Waals surface area contributed by atoms with Gasteiger partial charge in [0.15, 0.2) is 0 Å². The van der Waals surface area contributed by atoms with Gasteiger partial charge in [0.05, 0.1) is 0 Å². The second kappa shape index (κ2) is 7.10. The molecule has 3 rings (SSSR count). The standard InChI is InChI=1S/C21H21NO/c1-3-17-5-4-6-21(12-17)23-15-18-11-20(14-22-13-18)19-9-7-16(2)8-10-19/h4-14H,3,15H2,1-2H3. The second-order valence-electron chi connectivity index (χ2n) is 5.74. The summed E-state index contributed by atoms with van der Waals surface area (Å²) in [6.45, 7) is 4.77. The Morgan fingerprint density at radius 2 is 1.70 bits per heavy atom. The van der Waals surface area contributed by atoms with Crippen molar-refractivity contribution in [3.63, 3.8) is 0 Å². The summed E-state index contributed by atoms with van der Waals surface area (Å²) >= 11 is 0. The minimum absolute atomic E-state index is 0.528. The smallest absolute Gasteiger partial charge is 0.120 e. The van der Waals surface area contributed by atoms with Gasteiger partial charge in [-0.1, -0.05) is 48.9 Å². The number of rotatable bonds is 5. The van der Waals surface area contributed by atoms with E-state index in [1.807, 2.05) is 24.5 Å². The van der Waals surface area contributed by atoms with E-state index < -0.39 is 0 Å². The molecule has 0 spiro atoms. The molecule has 1 aromatic heterocycles. The van der Waals surface area contributed by atoms with Gasteiger partial charge >= 0.3 is 0 Å². The van der Waals surface area contributed by atoms with Crippen LogP contribution in [0.2, 0.25) is 0 Å². The van der Waals surface area contributed by atoms with Crippen LogP contribution in [0, 0.1) is 6.92 Å². The fraction of sp³-hybridized carbons (Fsp3) is 0.190. The van der Waals surface area contributed by atoms with E-state index in [0.717, 1.165) is 23.3 Å². The van der Waals surface area contributed by atoms with Crippen molar-refractivity contribution in [2.75, 3.05) is 0 Å². The molecule has 0 saturated heterocycles. The normalized spacial score (nSPS) is 10.5. The highest BCUT2D eigenvalue weighted by Gasteiger charge is 2.02. The molecule has 2 aromatic carbocycles. The molecule has 0 aliphatic rings. The Balaban J connectivity index is 1.73. The van der Waals surface area contributed by atoms with Crippen LogP contribution in [0.15, 0.2) is 67.0 Å². The van der Waals surface area contributed by atoms with Gasteiger partial charge in [0.25, 0.3) is 0 Å². The van der Waals surface area contributed by atoms with E-state index in [1.54, 1.807) is 0 Å². The molecule has 0 unspecified atom stereocenters. The lowest BCUT2D eigenvalue weighted by Crippen LogP contribution is -1.97. The summed E-state index contributed by atoms with van der Waals surface area (Å²) in [5.41, 5.74) is 5.92. The van der Waals surface area contributed by atoms with E-state index in [-0.39, 0.29) is 0 Å². The van der Waals surface area contributed by atoms with E-state index >= 15 is 0 Å². The fourth-order valence-corrected chi connectivity index (χ4v) is 2.49. The number of hydrogen-bond donors (Lipinski definition) is 0. The molecule has 0 aliphatic heterocycles. The monoisotopic (exact) mass is 303 g/mol. The highest BCUT2D eigenvalue weighted by atomic mass is 16.5. The van der Waals surface area contributed by atoms with Gasteiger partial charge in [0, 0.05) is 23.5 Å². The number of ether oxygens (including phenoxy) is 1. The highest BCUT2D eigenvalue weighted by molar-refractivity contribution is 5.63. The number of pyridine rings is 1. The maximum atomic E-state index is 5.90. The van der Waals surface area contributed by atoms with E-state index in [0.29, 0.717) is 6.61 Å². The fourth-order valence-electron chi connectivity index (χ4n) is 2.49. The summed E-state index contributed by atoms with van der Waals surface area (Å²) in [6, 6.07) is 18.9. The molecule has 0 bridgehead atoms. The van der Waals surface area contributed by atoms with Crippen LogP contribution in [0.5, 0.6) is 5.75 Å². The highest BCUT2D eigenvalue weighted by Crippen LogP contribution is 2.21. The Morgan fingerprint density at radius 1 is 0.870 bits per heavy atom. The van der Waals surface area contributed by atoms with Gasteiger partial charge in [-0.3, -0.25) is 4.98 Å². The number of aromatic nitrogens is 1. The summed E-state index contributed by atoms with van der Waals surface area (Å²) in [7, 11) is 0. The topological polar surface area (TPSA) is 22.1 Å². The van der Waals surface area contributed by atoms with Crippen LogP contribution in [-0.2, 0) is 13.0 Å². The molecular formula is C21H21NO. The molecule has 23 heavy (non-hydrogen) atoms. The van der Waals surface area contributed by atoms with Crippen molar-refractivity contribution in [1.82, 2.24) is 4.98 Å². The number of benzene rings is 2. The van der Waals surface area contributed by atoms with Crippen molar-refractivity contribution in [2.24, 2.45) is 0 Å². The Hall–Kier alpha value is -2.61. The first-order valence-corrected chi connectivity index (χ1v) is 7.97. The van der Waals surface area contributed by atoms with Crippen molar-refractivity contribution < 1.29 is 4.74 Å². The van der Waals surface area contributed by atoms with Crippen LogP contribution in [0.25, 0.3) is 11.1 Å². The lowest BCUT2D eigenvalue weighted by atomic mass is 10.0. The van der Waals surface area contributed by atoms with Gasteiger partial charge in [-0.25, -0.2) is 0 Å². The van der Waals surface area contributed by atoms with Crippen molar-refractivity contribution in [2.45, 2.75) is 26.9 Å². The van der Waals surface area contributed by atoms with Gasteiger partial charge in [-0.15, -0.1) is 0 Å². The SMILES string of the molecule is CCc1cccc(OCc2cncc(-c3ccc(C)cc3)c2)c1. The summed E-state index contributed by atoms with van der Waals surface area (Å²) in [4.78, 5) is 4.35. The maximum Gasteiger partial charge on any atom is 0.120 e. The largest absolute Gasteiger partial charge is 0.489 e. The Kier molecular flexibility index (Phi) is 4.72. The minimum Gasteiger partial charge on any atom is -0.489 e. The molecule has 2 heteroatoms. The van der Waals surface area contributed by atoms with E-state index in [1.165, 1.54) is 16.7 Å². The lowest BCUT2D eigenvalue weighted by Gasteiger charge is -2.09. The van der Waals surface area contributed by atoms with Gasteiger partial charge in [0.2, 0.25) is 0 Å². The third-order valence-corrected chi connectivity index (χ3v) is 3.89. The number of aryl methyl sites for hydroxylation is 2. The van der Waals surface area contributed by atoms with Crippen LogP contribution >= 0.6 is 0 Å². The molecule has 3 aromatic rings. The molecule has 0 aliphatic carbocycles. The van der Waals surface area contributed by atoms with Crippen molar-refractivity contribution in [3.05, 3.63) is 83.7 Å². The molecule has 0 atom stereocenters. The molecule has 2 nitrogen and oxygen atoms in total. The number of nitrogens with zero attached hydrogens (tertiary/aromatic N) is 1. The van der Waals surface area contributed by atoms with Gasteiger partial charge in [-0.05, 0) is 42.7 Å². The molecule has 0 radical (unpaired) electrons. The Labute approximate surface area is 137 Å².